The van der Waals surface area contributed by atoms with Gasteiger partial charge in [-0.15, -0.1) is 0 Å². The molecule has 0 spiro atoms. The Morgan fingerprint density at radius 2 is 0.763 bits per heavy atom. The van der Waals surface area contributed by atoms with E-state index in [-0.39, 0.29) is 0 Å². The molecule has 0 bridgehead atoms. The van der Waals surface area contributed by atoms with Crippen molar-refractivity contribution in [1.82, 2.24) is 0 Å². The molecular weight excluding hydrogens is 470 g/mol. The van der Waals surface area contributed by atoms with Crippen LogP contribution in [0.2, 0.25) is 0 Å². The van der Waals surface area contributed by atoms with Crippen LogP contribution in [0.25, 0.3) is 32.3 Å². The summed E-state index contributed by atoms with van der Waals surface area (Å²) < 4.78 is 0. The Hall–Kier alpha value is -4.55. The van der Waals surface area contributed by atoms with Crippen LogP contribution in [-0.2, 0) is 0 Å². The van der Waals surface area contributed by atoms with Crippen LogP contribution in [0.15, 0.2) is 97.1 Å². The van der Waals surface area contributed by atoms with Crippen LogP contribution in [0.5, 0.6) is 0 Å². The highest BCUT2D eigenvalue weighted by atomic mass is 16.4. The highest BCUT2D eigenvalue weighted by Gasteiger charge is 2.13. The van der Waals surface area contributed by atoms with Gasteiger partial charge in [0.15, 0.2) is 0 Å². The van der Waals surface area contributed by atoms with Crippen molar-refractivity contribution in [2.45, 2.75) is 0 Å². The van der Waals surface area contributed by atoms with E-state index in [1.54, 1.807) is 48.5 Å². The molecule has 0 saturated carbocycles. The van der Waals surface area contributed by atoms with E-state index in [0.29, 0.717) is 10.9 Å². The summed E-state index contributed by atoms with van der Waals surface area (Å²) in [5.41, 5.74) is 4.27. The van der Waals surface area contributed by atoms with Crippen LogP contribution < -0.4 is 10.9 Å². The number of hydrogen-bond acceptors (Lipinski definition) is 4. The Morgan fingerprint density at radius 3 is 1.13 bits per heavy atom. The van der Waals surface area contributed by atoms with Gasteiger partial charge < -0.3 is 20.1 Å². The molecule has 0 radical (unpaired) electrons. The van der Waals surface area contributed by atoms with Crippen molar-refractivity contribution in [3.05, 3.63) is 119 Å². The molecule has 178 valence electrons. The van der Waals surface area contributed by atoms with Crippen molar-refractivity contribution < 1.29 is 20.1 Å². The Kier molecular flexibility index (Phi) is 6.10. The lowest BCUT2D eigenvalue weighted by atomic mass is 9.80. The Labute approximate surface area is 220 Å². The summed E-state index contributed by atoms with van der Waals surface area (Å²) in [5, 5.41) is 43.9. The highest BCUT2D eigenvalue weighted by molar-refractivity contribution is 6.58. The van der Waals surface area contributed by atoms with Crippen LogP contribution in [0.1, 0.15) is 22.3 Å². The first-order valence-electron chi connectivity index (χ1n) is 12.1. The maximum atomic E-state index is 9.31. The second-order valence-corrected chi connectivity index (χ2v) is 9.14. The average Bonchev–Trinajstić information content (AvgIpc) is 2.94. The van der Waals surface area contributed by atoms with Crippen molar-refractivity contribution in [2.24, 2.45) is 0 Å². The smallest absolute Gasteiger partial charge is 0.423 e. The summed E-state index contributed by atoms with van der Waals surface area (Å²) in [6.07, 6.45) is 0. The zero-order chi connectivity index (χ0) is 26.2. The number of rotatable bonds is 2. The van der Waals surface area contributed by atoms with E-state index < -0.39 is 14.2 Å². The highest BCUT2D eigenvalue weighted by Crippen LogP contribution is 2.37. The summed E-state index contributed by atoms with van der Waals surface area (Å²) in [4.78, 5) is 0. The number of benzene rings is 6. The average molecular weight is 490 g/mol. The van der Waals surface area contributed by atoms with Crippen molar-refractivity contribution in [2.75, 3.05) is 0 Å². The normalized spacial score (nSPS) is 10.7. The van der Waals surface area contributed by atoms with E-state index in [1.165, 1.54) is 0 Å². The molecule has 4 nitrogen and oxygen atoms in total. The van der Waals surface area contributed by atoms with Crippen LogP contribution in [0, 0.1) is 23.7 Å². The van der Waals surface area contributed by atoms with Gasteiger partial charge in [0.05, 0.1) is 0 Å². The topological polar surface area (TPSA) is 80.9 Å². The summed E-state index contributed by atoms with van der Waals surface area (Å²) in [7, 11) is -2.99. The van der Waals surface area contributed by atoms with Gasteiger partial charge in [-0.25, -0.2) is 0 Å². The molecular formula is C32H20B2O4. The molecule has 0 aromatic heterocycles. The lowest BCUT2D eigenvalue weighted by Gasteiger charge is -2.13. The molecule has 6 rings (SSSR count). The standard InChI is InChI=1S/C32H20B2O4/c35-33(36)27-15-3-21(4-16-27)1-7-23-9-11-25-14-20-30-24(8-2-22-5-17-28(18-6-22)34(37)38)10-12-26-13-19-29(23)31(25)32(26)30/h3-6,9-20,35-38H. The molecule has 0 heterocycles. The van der Waals surface area contributed by atoms with Crippen molar-refractivity contribution in [3.63, 3.8) is 0 Å². The first-order valence-corrected chi connectivity index (χ1v) is 12.1. The van der Waals surface area contributed by atoms with Crippen molar-refractivity contribution in [1.29, 1.82) is 0 Å². The zero-order valence-electron chi connectivity index (χ0n) is 20.2. The minimum Gasteiger partial charge on any atom is -0.423 e. The van der Waals surface area contributed by atoms with Crippen LogP contribution in [0.4, 0.5) is 0 Å². The fourth-order valence-corrected chi connectivity index (χ4v) is 4.78. The largest absolute Gasteiger partial charge is 0.488 e. The number of hydrogen-bond donors (Lipinski definition) is 4. The zero-order valence-corrected chi connectivity index (χ0v) is 20.2. The lowest BCUT2D eigenvalue weighted by molar-refractivity contribution is 0.424. The molecule has 4 N–H and O–H groups in total. The molecule has 6 heteroatoms. The quantitative estimate of drug-likeness (QED) is 0.171. The van der Waals surface area contributed by atoms with E-state index in [4.69, 9.17) is 0 Å². The van der Waals surface area contributed by atoms with Gasteiger partial charge in [0.1, 0.15) is 0 Å². The fourth-order valence-electron chi connectivity index (χ4n) is 4.78. The van der Waals surface area contributed by atoms with E-state index in [9.17, 15) is 20.1 Å². The van der Waals surface area contributed by atoms with Gasteiger partial charge in [-0.1, -0.05) is 84.3 Å². The van der Waals surface area contributed by atoms with Gasteiger partial charge in [-0.05, 0) is 79.6 Å². The van der Waals surface area contributed by atoms with Gasteiger partial charge in [0.2, 0.25) is 0 Å². The summed E-state index contributed by atoms with van der Waals surface area (Å²) in [6, 6.07) is 30.5. The SMILES string of the molecule is OB(O)c1ccc(C#Cc2ccc3ccc4c(C#Cc5ccc(B(O)O)cc5)ccc5ccc2c3c54)cc1. The molecule has 38 heavy (non-hydrogen) atoms. The molecule has 0 unspecified atom stereocenters. The van der Waals surface area contributed by atoms with E-state index in [0.717, 1.165) is 54.6 Å². The van der Waals surface area contributed by atoms with Gasteiger partial charge in [0.25, 0.3) is 0 Å². The first-order chi connectivity index (χ1) is 18.5. The predicted octanol–water partition coefficient (Wildman–Crippen LogP) is 2.74. The second kappa shape index (κ2) is 9.72. The fraction of sp³-hybridized carbons (Fsp3) is 0. The summed E-state index contributed by atoms with van der Waals surface area (Å²) >= 11 is 0. The minimum atomic E-state index is -1.50. The molecule has 0 fully saturated rings. The third kappa shape index (κ3) is 4.40. The van der Waals surface area contributed by atoms with Gasteiger partial charge in [-0.3, -0.25) is 0 Å². The third-order valence-corrected chi connectivity index (χ3v) is 6.77. The summed E-state index contributed by atoms with van der Waals surface area (Å²) in [6.45, 7) is 0. The molecule has 0 aliphatic heterocycles. The Morgan fingerprint density at radius 1 is 0.395 bits per heavy atom. The third-order valence-electron chi connectivity index (χ3n) is 6.77. The van der Waals surface area contributed by atoms with Crippen molar-refractivity contribution >= 4 is 57.5 Å². The maximum Gasteiger partial charge on any atom is 0.488 e. The summed E-state index contributed by atoms with van der Waals surface area (Å²) in [5.74, 6) is 13.0. The monoisotopic (exact) mass is 490 g/mol. The van der Waals surface area contributed by atoms with E-state index >= 15 is 0 Å². The van der Waals surface area contributed by atoms with Crippen LogP contribution in [0.3, 0.4) is 0 Å². The van der Waals surface area contributed by atoms with Gasteiger partial charge in [0, 0.05) is 22.3 Å². The molecule has 0 saturated heterocycles. The lowest BCUT2D eigenvalue weighted by Crippen LogP contribution is -2.29. The molecule has 0 aliphatic rings. The van der Waals surface area contributed by atoms with E-state index in [2.05, 4.69) is 60.1 Å². The van der Waals surface area contributed by atoms with Crippen molar-refractivity contribution in [3.8, 4) is 23.7 Å². The Bertz CT molecular complexity index is 1780. The van der Waals surface area contributed by atoms with Crippen LogP contribution >= 0.6 is 0 Å². The molecule has 0 aliphatic carbocycles. The molecule has 6 aromatic rings. The first kappa shape index (κ1) is 23.8. The van der Waals surface area contributed by atoms with Crippen LogP contribution in [-0.4, -0.2) is 34.3 Å². The predicted molar refractivity (Wildman–Crippen MR) is 155 cm³/mol. The second-order valence-electron chi connectivity index (χ2n) is 9.14. The molecule has 0 atom stereocenters. The molecule has 0 amide bonds. The van der Waals surface area contributed by atoms with Gasteiger partial charge in [-0.2, -0.15) is 0 Å². The maximum absolute atomic E-state index is 9.31. The minimum absolute atomic E-state index is 0.429. The van der Waals surface area contributed by atoms with E-state index in [1.807, 2.05) is 12.1 Å². The molecule has 6 aromatic carbocycles. The van der Waals surface area contributed by atoms with Gasteiger partial charge >= 0.3 is 14.2 Å². The Balaban J connectivity index is 1.44.